The van der Waals surface area contributed by atoms with Gasteiger partial charge in [-0.05, 0) is 50.9 Å². The van der Waals surface area contributed by atoms with Crippen LogP contribution in [0.2, 0.25) is 0 Å². The van der Waals surface area contributed by atoms with Crippen LogP contribution in [0.5, 0.6) is 0 Å². The lowest BCUT2D eigenvalue weighted by molar-refractivity contribution is -0.146. The maximum atomic E-state index is 13.6. The van der Waals surface area contributed by atoms with E-state index >= 15 is 0 Å². The normalized spacial score (nSPS) is 12.6. The Balaban J connectivity index is 4.54. The third-order valence-electron chi connectivity index (χ3n) is 11.4. The van der Waals surface area contributed by atoms with E-state index in [9.17, 15) is 14.4 Å². The zero-order chi connectivity index (χ0) is 41.8. The Morgan fingerprint density at radius 2 is 0.839 bits per heavy atom. The second kappa shape index (κ2) is 36.5. The second-order valence-electron chi connectivity index (χ2n) is 19.5. The summed E-state index contributed by atoms with van der Waals surface area (Å²) in [6.45, 7) is 17.5. The number of unbranched alkanes of at least 4 members (excludes halogenated alkanes) is 28. The largest absolute Gasteiger partial charge is 0.463 e. The lowest BCUT2D eigenvalue weighted by Gasteiger charge is -2.37. The van der Waals surface area contributed by atoms with Crippen LogP contribution in [0.25, 0.3) is 0 Å². The third kappa shape index (κ3) is 36.7. The van der Waals surface area contributed by atoms with Crippen molar-refractivity contribution in [1.82, 2.24) is 10.6 Å². The van der Waals surface area contributed by atoms with Crippen molar-refractivity contribution in [1.29, 1.82) is 0 Å². The molecule has 1 unspecified atom stereocenters. The molecule has 0 aliphatic carbocycles. The molecule has 0 rings (SSSR count). The van der Waals surface area contributed by atoms with Crippen LogP contribution in [0.3, 0.4) is 0 Å². The first kappa shape index (κ1) is 54.4. The van der Waals surface area contributed by atoms with Crippen molar-refractivity contribution in [3.05, 3.63) is 0 Å². The predicted octanol–water partition coefficient (Wildman–Crippen LogP) is 14.9. The highest BCUT2D eigenvalue weighted by Crippen LogP contribution is 2.34. The maximum Gasteiger partial charge on any atom is 0.305 e. The molecule has 2 N–H and O–H groups in total. The standard InChI is InChI=1S/C50H98N2O4/c1-9-11-13-15-17-19-21-23-25-27-29-31-33-35-37-39-46(53)51-45(48(55)52-50(7,8)43-49(5,6)41-44(3)4)42-56-47(54)40-38-36-34-32-30-28-26-24-22-20-18-16-14-12-10-2/h44-45H,9-43H2,1-8H3,(H,51,53)(H,52,55). The SMILES string of the molecule is CCCCCCCCCCCCCCCCCC(=O)NC(COC(=O)CCCCCCCCCCCCCCCCC)C(=O)NC(C)(C)CC(C)(C)CC(C)C. The van der Waals surface area contributed by atoms with Crippen LogP contribution >= 0.6 is 0 Å². The van der Waals surface area contributed by atoms with E-state index < -0.39 is 11.6 Å². The van der Waals surface area contributed by atoms with Crippen molar-refractivity contribution in [2.24, 2.45) is 11.3 Å². The van der Waals surface area contributed by atoms with Gasteiger partial charge in [-0.2, -0.15) is 0 Å². The average Bonchev–Trinajstić information content (AvgIpc) is 3.11. The molecule has 0 radical (unpaired) electrons. The Labute approximate surface area is 349 Å². The van der Waals surface area contributed by atoms with Gasteiger partial charge in [-0.15, -0.1) is 0 Å². The molecule has 6 heteroatoms. The van der Waals surface area contributed by atoms with Gasteiger partial charge in [-0.25, -0.2) is 0 Å². The van der Waals surface area contributed by atoms with Crippen molar-refractivity contribution in [2.45, 2.75) is 285 Å². The quantitative estimate of drug-likeness (QED) is 0.0477. The fraction of sp³-hybridized carbons (Fsp3) is 0.940. The Kier molecular flexibility index (Phi) is 35.5. The summed E-state index contributed by atoms with van der Waals surface area (Å²) < 4.78 is 5.63. The number of nitrogens with one attached hydrogen (secondary N) is 2. The van der Waals surface area contributed by atoms with E-state index in [1.807, 2.05) is 13.8 Å². The summed E-state index contributed by atoms with van der Waals surface area (Å²) in [6, 6.07) is -0.892. The molecule has 0 aromatic heterocycles. The molecule has 0 aromatic rings. The Morgan fingerprint density at radius 3 is 1.20 bits per heavy atom. The van der Waals surface area contributed by atoms with Crippen LogP contribution in [-0.4, -0.2) is 36.0 Å². The highest BCUT2D eigenvalue weighted by molar-refractivity contribution is 5.88. The molecule has 0 saturated carbocycles. The summed E-state index contributed by atoms with van der Waals surface area (Å²) in [6.07, 6.45) is 41.0. The molecular formula is C50H98N2O4. The second-order valence-corrected chi connectivity index (χ2v) is 19.5. The van der Waals surface area contributed by atoms with Gasteiger partial charge in [0.05, 0.1) is 0 Å². The van der Waals surface area contributed by atoms with Crippen LogP contribution in [0.1, 0.15) is 274 Å². The van der Waals surface area contributed by atoms with Gasteiger partial charge in [0, 0.05) is 18.4 Å². The van der Waals surface area contributed by atoms with Crippen LogP contribution < -0.4 is 10.6 Å². The van der Waals surface area contributed by atoms with Gasteiger partial charge in [0.1, 0.15) is 12.6 Å². The molecule has 0 aliphatic rings. The van der Waals surface area contributed by atoms with E-state index in [0.717, 1.165) is 51.4 Å². The lowest BCUT2D eigenvalue weighted by Crippen LogP contribution is -2.56. The highest BCUT2D eigenvalue weighted by atomic mass is 16.5. The monoisotopic (exact) mass is 791 g/mol. The van der Waals surface area contributed by atoms with Crippen molar-refractivity contribution < 1.29 is 19.1 Å². The van der Waals surface area contributed by atoms with E-state index in [1.165, 1.54) is 154 Å². The number of rotatable bonds is 41. The van der Waals surface area contributed by atoms with Gasteiger partial charge in [-0.1, -0.05) is 221 Å². The van der Waals surface area contributed by atoms with E-state index in [1.54, 1.807) is 0 Å². The molecule has 1 atom stereocenters. The Bertz CT molecular complexity index is 930. The predicted molar refractivity (Wildman–Crippen MR) is 242 cm³/mol. The lowest BCUT2D eigenvalue weighted by atomic mass is 9.75. The molecule has 0 aliphatic heterocycles. The summed E-state index contributed by atoms with van der Waals surface area (Å²) in [5.74, 6) is -0.144. The average molecular weight is 791 g/mol. The molecule has 0 aromatic carbocycles. The van der Waals surface area contributed by atoms with Crippen LogP contribution in [0.15, 0.2) is 0 Å². The van der Waals surface area contributed by atoms with Gasteiger partial charge in [0.15, 0.2) is 0 Å². The van der Waals surface area contributed by atoms with Gasteiger partial charge in [0.2, 0.25) is 11.8 Å². The molecule has 0 spiro atoms. The van der Waals surface area contributed by atoms with Gasteiger partial charge >= 0.3 is 5.97 Å². The van der Waals surface area contributed by atoms with Crippen molar-refractivity contribution in [3.63, 3.8) is 0 Å². The number of amides is 2. The number of hydrogen-bond donors (Lipinski definition) is 2. The minimum absolute atomic E-state index is 0.0525. The molecule has 56 heavy (non-hydrogen) atoms. The zero-order valence-electron chi connectivity index (χ0n) is 39.0. The molecular weight excluding hydrogens is 693 g/mol. The summed E-state index contributed by atoms with van der Waals surface area (Å²) in [5, 5.41) is 6.12. The van der Waals surface area contributed by atoms with E-state index in [2.05, 4.69) is 52.2 Å². The number of carbonyl (C=O) groups is 3. The summed E-state index contributed by atoms with van der Waals surface area (Å²) >= 11 is 0. The molecule has 2 amide bonds. The van der Waals surface area contributed by atoms with E-state index in [-0.39, 0.29) is 29.8 Å². The number of carbonyl (C=O) groups excluding carboxylic acids is 3. The number of ether oxygens (including phenoxy) is 1. The van der Waals surface area contributed by atoms with Crippen molar-refractivity contribution in [3.8, 4) is 0 Å². The number of hydrogen-bond acceptors (Lipinski definition) is 4. The zero-order valence-corrected chi connectivity index (χ0v) is 39.0. The number of esters is 1. The van der Waals surface area contributed by atoms with Gasteiger partial charge < -0.3 is 15.4 Å². The highest BCUT2D eigenvalue weighted by Gasteiger charge is 2.33. The fourth-order valence-corrected chi connectivity index (χ4v) is 8.83. The summed E-state index contributed by atoms with van der Waals surface area (Å²) in [4.78, 5) is 39.4. The van der Waals surface area contributed by atoms with Crippen LogP contribution in [-0.2, 0) is 19.1 Å². The van der Waals surface area contributed by atoms with Crippen molar-refractivity contribution >= 4 is 17.8 Å². The Morgan fingerprint density at radius 1 is 0.500 bits per heavy atom. The molecule has 0 fully saturated rings. The molecule has 332 valence electrons. The van der Waals surface area contributed by atoms with Gasteiger partial charge in [0.25, 0.3) is 0 Å². The first-order chi connectivity index (χ1) is 26.8. The first-order valence-electron chi connectivity index (χ1n) is 24.6. The fourth-order valence-electron chi connectivity index (χ4n) is 8.83. The smallest absolute Gasteiger partial charge is 0.305 e. The maximum absolute atomic E-state index is 13.6. The summed E-state index contributed by atoms with van der Waals surface area (Å²) in [5.41, 5.74) is -0.415. The van der Waals surface area contributed by atoms with E-state index in [4.69, 9.17) is 4.74 Å². The molecule has 6 nitrogen and oxygen atoms in total. The molecule has 0 saturated heterocycles. The van der Waals surface area contributed by atoms with Crippen LogP contribution in [0, 0.1) is 11.3 Å². The molecule has 0 heterocycles. The van der Waals surface area contributed by atoms with Crippen molar-refractivity contribution in [2.75, 3.05) is 6.61 Å². The minimum atomic E-state index is -0.892. The van der Waals surface area contributed by atoms with Crippen LogP contribution in [0.4, 0.5) is 0 Å². The topological polar surface area (TPSA) is 84.5 Å². The Hall–Kier alpha value is -1.59. The summed E-state index contributed by atoms with van der Waals surface area (Å²) in [7, 11) is 0. The van der Waals surface area contributed by atoms with E-state index in [0.29, 0.717) is 18.8 Å². The molecule has 0 bridgehead atoms. The third-order valence-corrected chi connectivity index (χ3v) is 11.4. The van der Waals surface area contributed by atoms with Gasteiger partial charge in [-0.3, -0.25) is 14.4 Å². The first-order valence-corrected chi connectivity index (χ1v) is 24.6. The minimum Gasteiger partial charge on any atom is -0.463 e.